The molecule has 0 radical (unpaired) electrons. The molecule has 0 spiro atoms. The van der Waals surface area contributed by atoms with Crippen LogP contribution in [-0.4, -0.2) is 9.55 Å². The van der Waals surface area contributed by atoms with Crippen molar-refractivity contribution in [1.29, 1.82) is 0 Å². The molecule has 0 fully saturated rings. The van der Waals surface area contributed by atoms with Crippen LogP contribution >= 0.6 is 0 Å². The molecule has 3 nitrogen and oxygen atoms in total. The molecule has 3 aromatic rings. The van der Waals surface area contributed by atoms with Crippen molar-refractivity contribution in [2.75, 3.05) is 5.73 Å². The Morgan fingerprint density at radius 3 is 2.68 bits per heavy atom. The summed E-state index contributed by atoms with van der Waals surface area (Å²) >= 11 is 0. The molecule has 0 aliphatic rings. The van der Waals surface area contributed by atoms with E-state index in [0.717, 1.165) is 35.4 Å². The highest BCUT2D eigenvalue weighted by atomic mass is 19.1. The molecule has 0 aliphatic heterocycles. The van der Waals surface area contributed by atoms with Gasteiger partial charge in [0.05, 0.1) is 11.2 Å². The van der Waals surface area contributed by atoms with Gasteiger partial charge in [-0.25, -0.2) is 9.37 Å². The third-order valence-corrected chi connectivity index (χ3v) is 3.82. The van der Waals surface area contributed by atoms with Crippen molar-refractivity contribution in [3.8, 4) is 11.4 Å². The molecule has 3 rings (SSSR count). The molecule has 4 heteroatoms. The molecule has 114 valence electrons. The van der Waals surface area contributed by atoms with Crippen LogP contribution in [0.4, 0.5) is 10.1 Å². The second-order valence-corrected chi connectivity index (χ2v) is 5.99. The number of imidazole rings is 1. The zero-order valence-electron chi connectivity index (χ0n) is 12.9. The summed E-state index contributed by atoms with van der Waals surface area (Å²) in [4.78, 5) is 4.67. The average Bonchev–Trinajstić information content (AvgIpc) is 2.85. The number of anilines is 1. The van der Waals surface area contributed by atoms with Crippen LogP contribution in [0.3, 0.4) is 0 Å². The number of nitrogens with zero attached hydrogens (tertiary/aromatic N) is 2. The van der Waals surface area contributed by atoms with Crippen molar-refractivity contribution >= 4 is 16.7 Å². The number of fused-ring (bicyclic) bond motifs is 1. The number of halogens is 1. The molecule has 1 aromatic heterocycles. The number of para-hydroxylation sites is 1. The van der Waals surface area contributed by atoms with Crippen LogP contribution in [0.15, 0.2) is 42.5 Å². The van der Waals surface area contributed by atoms with E-state index in [0.29, 0.717) is 11.6 Å². The fourth-order valence-corrected chi connectivity index (χ4v) is 2.63. The summed E-state index contributed by atoms with van der Waals surface area (Å²) in [5.74, 6) is 1.10. The minimum Gasteiger partial charge on any atom is -0.397 e. The van der Waals surface area contributed by atoms with Gasteiger partial charge in [-0.2, -0.15) is 0 Å². The molecule has 0 amide bonds. The van der Waals surface area contributed by atoms with Crippen molar-refractivity contribution in [3.63, 3.8) is 0 Å². The number of aryl methyl sites for hydroxylation is 1. The average molecular weight is 297 g/mol. The monoisotopic (exact) mass is 297 g/mol. The zero-order valence-corrected chi connectivity index (χ0v) is 12.9. The van der Waals surface area contributed by atoms with Gasteiger partial charge in [-0.15, -0.1) is 0 Å². The SMILES string of the molecule is CC(C)CCn1c(-c2cccc(F)c2)nc2c(N)cccc21. The first-order valence-corrected chi connectivity index (χ1v) is 7.57. The Morgan fingerprint density at radius 1 is 1.18 bits per heavy atom. The van der Waals surface area contributed by atoms with Crippen molar-refractivity contribution in [2.24, 2.45) is 5.92 Å². The number of hydrogen-bond donors (Lipinski definition) is 1. The molecule has 22 heavy (non-hydrogen) atoms. The van der Waals surface area contributed by atoms with Crippen LogP contribution in [0.1, 0.15) is 20.3 Å². The van der Waals surface area contributed by atoms with E-state index in [-0.39, 0.29) is 5.82 Å². The number of nitrogens with two attached hydrogens (primary N) is 1. The largest absolute Gasteiger partial charge is 0.397 e. The first kappa shape index (κ1) is 14.6. The summed E-state index contributed by atoms with van der Waals surface area (Å²) in [6.45, 7) is 5.22. The summed E-state index contributed by atoms with van der Waals surface area (Å²) in [6.07, 6.45) is 1.03. The van der Waals surface area contributed by atoms with Gasteiger partial charge in [0.1, 0.15) is 17.2 Å². The summed E-state index contributed by atoms with van der Waals surface area (Å²) < 4.78 is 15.7. The maximum atomic E-state index is 13.6. The molecular formula is C18H20FN3. The minimum absolute atomic E-state index is 0.257. The number of rotatable bonds is 4. The number of hydrogen-bond acceptors (Lipinski definition) is 2. The Bertz CT molecular complexity index is 805. The lowest BCUT2D eigenvalue weighted by atomic mass is 10.1. The van der Waals surface area contributed by atoms with Gasteiger partial charge in [-0.05, 0) is 36.6 Å². The first-order chi connectivity index (χ1) is 10.6. The van der Waals surface area contributed by atoms with Crippen molar-refractivity contribution < 1.29 is 4.39 Å². The van der Waals surface area contributed by atoms with Crippen LogP contribution in [0.2, 0.25) is 0 Å². The molecule has 0 atom stereocenters. The lowest BCUT2D eigenvalue weighted by molar-refractivity contribution is 0.525. The van der Waals surface area contributed by atoms with Crippen LogP contribution in [0, 0.1) is 11.7 Å². The quantitative estimate of drug-likeness (QED) is 0.722. The molecule has 0 bridgehead atoms. The van der Waals surface area contributed by atoms with E-state index in [1.807, 2.05) is 24.3 Å². The van der Waals surface area contributed by atoms with Gasteiger partial charge in [-0.1, -0.05) is 32.0 Å². The van der Waals surface area contributed by atoms with Crippen molar-refractivity contribution in [2.45, 2.75) is 26.8 Å². The van der Waals surface area contributed by atoms with E-state index < -0.39 is 0 Å². The lowest BCUT2D eigenvalue weighted by Gasteiger charge is -2.11. The van der Waals surface area contributed by atoms with E-state index >= 15 is 0 Å². The predicted molar refractivity (Wildman–Crippen MR) is 89.0 cm³/mol. The van der Waals surface area contributed by atoms with Crippen LogP contribution in [-0.2, 0) is 6.54 Å². The maximum absolute atomic E-state index is 13.6. The Hall–Kier alpha value is -2.36. The van der Waals surface area contributed by atoms with Crippen molar-refractivity contribution in [1.82, 2.24) is 9.55 Å². The van der Waals surface area contributed by atoms with Gasteiger partial charge >= 0.3 is 0 Å². The van der Waals surface area contributed by atoms with Gasteiger partial charge in [0.15, 0.2) is 0 Å². The van der Waals surface area contributed by atoms with E-state index in [1.54, 1.807) is 6.07 Å². The Labute approximate surface area is 129 Å². The number of nitrogen functional groups attached to an aromatic ring is 1. The van der Waals surface area contributed by atoms with Gasteiger partial charge in [0.2, 0.25) is 0 Å². The second kappa shape index (κ2) is 5.79. The highest BCUT2D eigenvalue weighted by Crippen LogP contribution is 2.29. The third kappa shape index (κ3) is 2.69. The van der Waals surface area contributed by atoms with Gasteiger partial charge in [0.25, 0.3) is 0 Å². The second-order valence-electron chi connectivity index (χ2n) is 5.99. The Kier molecular flexibility index (Phi) is 3.84. The molecule has 1 heterocycles. The minimum atomic E-state index is -0.257. The smallest absolute Gasteiger partial charge is 0.141 e. The molecule has 0 saturated carbocycles. The van der Waals surface area contributed by atoms with E-state index in [4.69, 9.17) is 5.73 Å². The Balaban J connectivity index is 2.19. The van der Waals surface area contributed by atoms with E-state index in [1.165, 1.54) is 12.1 Å². The van der Waals surface area contributed by atoms with Crippen LogP contribution < -0.4 is 5.73 Å². The van der Waals surface area contributed by atoms with Crippen LogP contribution in [0.25, 0.3) is 22.4 Å². The van der Waals surface area contributed by atoms with Gasteiger partial charge < -0.3 is 10.3 Å². The molecule has 2 N–H and O–H groups in total. The fourth-order valence-electron chi connectivity index (χ4n) is 2.63. The maximum Gasteiger partial charge on any atom is 0.141 e. The van der Waals surface area contributed by atoms with Gasteiger partial charge in [0, 0.05) is 12.1 Å². The molecule has 0 saturated heterocycles. The lowest BCUT2D eigenvalue weighted by Crippen LogP contribution is -2.03. The molecule has 2 aromatic carbocycles. The highest BCUT2D eigenvalue weighted by molar-refractivity contribution is 5.90. The standard InChI is InChI=1S/C18H20FN3/c1-12(2)9-10-22-16-8-4-7-15(20)17(16)21-18(22)13-5-3-6-14(19)11-13/h3-8,11-12H,9-10,20H2,1-2H3. The summed E-state index contributed by atoms with van der Waals surface area (Å²) in [5.41, 5.74) is 9.26. The third-order valence-electron chi connectivity index (χ3n) is 3.82. The summed E-state index contributed by atoms with van der Waals surface area (Å²) in [5, 5.41) is 0. The summed E-state index contributed by atoms with van der Waals surface area (Å²) in [7, 11) is 0. The summed E-state index contributed by atoms with van der Waals surface area (Å²) in [6, 6.07) is 12.3. The predicted octanol–water partition coefficient (Wildman–Crippen LogP) is 4.47. The number of benzene rings is 2. The normalized spacial score (nSPS) is 11.5. The fraction of sp³-hybridized carbons (Fsp3) is 0.278. The Morgan fingerprint density at radius 2 is 1.95 bits per heavy atom. The van der Waals surface area contributed by atoms with Crippen LogP contribution in [0.5, 0.6) is 0 Å². The first-order valence-electron chi connectivity index (χ1n) is 7.57. The molecule has 0 unspecified atom stereocenters. The topological polar surface area (TPSA) is 43.8 Å². The number of aromatic nitrogens is 2. The van der Waals surface area contributed by atoms with E-state index in [9.17, 15) is 4.39 Å². The zero-order chi connectivity index (χ0) is 15.7. The molecular weight excluding hydrogens is 277 g/mol. The van der Waals surface area contributed by atoms with E-state index in [2.05, 4.69) is 23.4 Å². The van der Waals surface area contributed by atoms with Crippen molar-refractivity contribution in [3.05, 3.63) is 48.3 Å². The molecule has 0 aliphatic carbocycles. The van der Waals surface area contributed by atoms with Gasteiger partial charge in [-0.3, -0.25) is 0 Å². The highest BCUT2D eigenvalue weighted by Gasteiger charge is 2.14.